The molecule has 1 N–H and O–H groups in total. The molecule has 0 amide bonds. The highest BCUT2D eigenvalue weighted by molar-refractivity contribution is 5.98. The normalized spacial score (nSPS) is 21.3. The number of hydrogen-bond donors (Lipinski definition) is 1. The molecule has 13 heavy (non-hydrogen) atoms. The van der Waals surface area contributed by atoms with Crippen LogP contribution in [0.1, 0.15) is 29.4 Å². The summed E-state index contributed by atoms with van der Waals surface area (Å²) in [6.07, 6.45) is 1.40. The van der Waals surface area contributed by atoms with E-state index in [1.165, 1.54) is 6.07 Å². The molecule has 1 aliphatic rings. The molecule has 3 heteroatoms. The maximum absolute atomic E-state index is 11.5. The third kappa shape index (κ3) is 1.41. The van der Waals surface area contributed by atoms with Gasteiger partial charge in [-0.05, 0) is 18.4 Å². The van der Waals surface area contributed by atoms with Crippen LogP contribution in [0, 0.1) is 5.92 Å². The molecule has 1 aromatic heterocycles. The van der Waals surface area contributed by atoms with E-state index in [-0.39, 0.29) is 11.3 Å². The Balaban J connectivity index is 2.55. The molecule has 3 nitrogen and oxygen atoms in total. The van der Waals surface area contributed by atoms with E-state index in [0.717, 1.165) is 12.1 Å². The monoisotopic (exact) mass is 177 g/mol. The number of Topliss-reactive ketones (excluding diaryl/α,β-unsaturated/α-hetero) is 1. The van der Waals surface area contributed by atoms with E-state index in [1.807, 2.05) is 6.92 Å². The molecule has 1 atom stereocenters. The van der Waals surface area contributed by atoms with E-state index in [9.17, 15) is 9.59 Å². The van der Waals surface area contributed by atoms with Gasteiger partial charge < -0.3 is 4.98 Å². The number of carbonyl (C=O) groups excluding carboxylic acids is 1. The van der Waals surface area contributed by atoms with E-state index in [0.29, 0.717) is 17.9 Å². The lowest BCUT2D eigenvalue weighted by molar-refractivity contribution is 0.0952. The summed E-state index contributed by atoms with van der Waals surface area (Å²) in [7, 11) is 0. The van der Waals surface area contributed by atoms with Gasteiger partial charge in [-0.1, -0.05) is 6.92 Å². The Hall–Kier alpha value is -1.38. The first-order valence-corrected chi connectivity index (χ1v) is 4.42. The molecule has 1 heterocycles. The van der Waals surface area contributed by atoms with Crippen molar-refractivity contribution in [3.05, 3.63) is 33.7 Å². The lowest BCUT2D eigenvalue weighted by Gasteiger charge is -2.19. The van der Waals surface area contributed by atoms with Gasteiger partial charge >= 0.3 is 0 Å². The topological polar surface area (TPSA) is 49.9 Å². The molecule has 0 saturated heterocycles. The van der Waals surface area contributed by atoms with Crippen LogP contribution < -0.4 is 5.56 Å². The molecule has 0 aliphatic heterocycles. The lowest BCUT2D eigenvalue weighted by atomic mass is 9.87. The van der Waals surface area contributed by atoms with E-state index in [2.05, 4.69) is 4.98 Å². The van der Waals surface area contributed by atoms with Gasteiger partial charge in [0.1, 0.15) is 0 Å². The molecular formula is C10H11NO2. The lowest BCUT2D eigenvalue weighted by Crippen LogP contribution is -2.22. The fourth-order valence-corrected chi connectivity index (χ4v) is 1.79. The first-order chi connectivity index (χ1) is 6.16. The summed E-state index contributed by atoms with van der Waals surface area (Å²) >= 11 is 0. The molecule has 1 aromatic rings. The number of carbonyl (C=O) groups is 1. The summed E-state index contributed by atoms with van der Waals surface area (Å²) < 4.78 is 0. The van der Waals surface area contributed by atoms with Crippen molar-refractivity contribution in [2.45, 2.75) is 19.8 Å². The Morgan fingerprint density at radius 3 is 2.85 bits per heavy atom. The second kappa shape index (κ2) is 2.83. The maximum Gasteiger partial charge on any atom is 0.248 e. The standard InChI is InChI=1S/C10H11NO2/c1-6-4-8-7(9(12)5-6)2-3-10(13)11-8/h2-3,6H,4-5H2,1H3,(H,11,13)/t6-/m0/s1. The van der Waals surface area contributed by atoms with Crippen molar-refractivity contribution in [3.8, 4) is 0 Å². The molecule has 0 aromatic carbocycles. The van der Waals surface area contributed by atoms with Gasteiger partial charge in [-0.2, -0.15) is 0 Å². The number of rotatable bonds is 0. The number of aromatic amines is 1. The van der Waals surface area contributed by atoms with Crippen molar-refractivity contribution in [2.75, 3.05) is 0 Å². The first kappa shape index (κ1) is 8.23. The van der Waals surface area contributed by atoms with Gasteiger partial charge in [0.2, 0.25) is 5.56 Å². The number of aromatic nitrogens is 1. The molecule has 0 fully saturated rings. The summed E-state index contributed by atoms with van der Waals surface area (Å²) in [6.45, 7) is 2.02. The van der Waals surface area contributed by atoms with Crippen LogP contribution in [0.4, 0.5) is 0 Å². The molecule has 0 radical (unpaired) electrons. The van der Waals surface area contributed by atoms with Crippen LogP contribution in [-0.4, -0.2) is 10.8 Å². The highest BCUT2D eigenvalue weighted by Gasteiger charge is 2.22. The van der Waals surface area contributed by atoms with Crippen molar-refractivity contribution >= 4 is 5.78 Å². The molecular weight excluding hydrogens is 166 g/mol. The number of ketones is 1. The second-order valence-corrected chi connectivity index (χ2v) is 3.65. The van der Waals surface area contributed by atoms with E-state index in [4.69, 9.17) is 0 Å². The van der Waals surface area contributed by atoms with Crippen LogP contribution in [0.2, 0.25) is 0 Å². The second-order valence-electron chi connectivity index (χ2n) is 3.65. The Bertz CT molecular complexity index is 406. The quantitative estimate of drug-likeness (QED) is 0.646. The van der Waals surface area contributed by atoms with E-state index in [1.54, 1.807) is 6.07 Å². The smallest absolute Gasteiger partial charge is 0.248 e. The highest BCUT2D eigenvalue weighted by Crippen LogP contribution is 2.22. The number of nitrogens with one attached hydrogen (secondary N) is 1. The SMILES string of the molecule is C[C@@H]1CC(=O)c2ccc(=O)[nH]c2C1. The number of fused-ring (bicyclic) bond motifs is 1. The predicted octanol–water partition coefficient (Wildman–Crippen LogP) is 1.14. The fourth-order valence-electron chi connectivity index (χ4n) is 1.79. The average molecular weight is 177 g/mol. The Kier molecular flexibility index (Phi) is 1.79. The zero-order chi connectivity index (χ0) is 9.42. The van der Waals surface area contributed by atoms with Crippen LogP contribution in [-0.2, 0) is 6.42 Å². The van der Waals surface area contributed by atoms with Gasteiger partial charge in [-0.15, -0.1) is 0 Å². The van der Waals surface area contributed by atoms with Crippen LogP contribution in [0.25, 0.3) is 0 Å². The molecule has 0 bridgehead atoms. The van der Waals surface area contributed by atoms with Crippen LogP contribution in [0.3, 0.4) is 0 Å². The van der Waals surface area contributed by atoms with E-state index < -0.39 is 0 Å². The molecule has 0 spiro atoms. The minimum absolute atomic E-state index is 0.124. The zero-order valence-corrected chi connectivity index (χ0v) is 7.46. The van der Waals surface area contributed by atoms with Crippen molar-refractivity contribution in [1.82, 2.24) is 4.98 Å². The summed E-state index contributed by atoms with van der Waals surface area (Å²) in [4.78, 5) is 25.2. The number of H-pyrrole nitrogens is 1. The van der Waals surface area contributed by atoms with Gasteiger partial charge in [0.05, 0.1) is 0 Å². The molecule has 68 valence electrons. The molecule has 0 unspecified atom stereocenters. The minimum Gasteiger partial charge on any atom is -0.325 e. The predicted molar refractivity (Wildman–Crippen MR) is 48.9 cm³/mol. The first-order valence-electron chi connectivity index (χ1n) is 4.42. The van der Waals surface area contributed by atoms with Crippen LogP contribution >= 0.6 is 0 Å². The minimum atomic E-state index is -0.124. The van der Waals surface area contributed by atoms with Gasteiger partial charge in [0.25, 0.3) is 0 Å². The van der Waals surface area contributed by atoms with Crippen molar-refractivity contribution in [3.63, 3.8) is 0 Å². The third-order valence-corrected chi connectivity index (χ3v) is 2.39. The van der Waals surface area contributed by atoms with Crippen LogP contribution in [0.5, 0.6) is 0 Å². The molecule has 2 rings (SSSR count). The number of pyridine rings is 1. The summed E-state index contributed by atoms with van der Waals surface area (Å²) in [5.74, 6) is 0.489. The molecule has 0 saturated carbocycles. The van der Waals surface area contributed by atoms with Crippen molar-refractivity contribution < 1.29 is 4.79 Å². The largest absolute Gasteiger partial charge is 0.325 e. The summed E-state index contributed by atoms with van der Waals surface area (Å²) in [5, 5.41) is 0. The van der Waals surface area contributed by atoms with Gasteiger partial charge in [0.15, 0.2) is 5.78 Å². The third-order valence-electron chi connectivity index (χ3n) is 2.39. The summed E-state index contributed by atoms with van der Waals surface area (Å²) in [5.41, 5.74) is 1.37. The average Bonchev–Trinajstić information content (AvgIpc) is 2.02. The Morgan fingerprint density at radius 2 is 2.08 bits per heavy atom. The van der Waals surface area contributed by atoms with Gasteiger partial charge in [-0.3, -0.25) is 9.59 Å². The van der Waals surface area contributed by atoms with Crippen LogP contribution in [0.15, 0.2) is 16.9 Å². The molecule has 1 aliphatic carbocycles. The Morgan fingerprint density at radius 1 is 1.31 bits per heavy atom. The Labute approximate surface area is 75.8 Å². The van der Waals surface area contributed by atoms with Gasteiger partial charge in [-0.25, -0.2) is 0 Å². The van der Waals surface area contributed by atoms with Crippen molar-refractivity contribution in [2.24, 2.45) is 5.92 Å². The van der Waals surface area contributed by atoms with Crippen molar-refractivity contribution in [1.29, 1.82) is 0 Å². The number of hydrogen-bond acceptors (Lipinski definition) is 2. The highest BCUT2D eigenvalue weighted by atomic mass is 16.1. The zero-order valence-electron chi connectivity index (χ0n) is 7.46. The fraction of sp³-hybridized carbons (Fsp3) is 0.400. The van der Waals surface area contributed by atoms with Gasteiger partial charge in [0, 0.05) is 23.7 Å². The van der Waals surface area contributed by atoms with E-state index >= 15 is 0 Å². The maximum atomic E-state index is 11.5. The summed E-state index contributed by atoms with van der Waals surface area (Å²) in [6, 6.07) is 3.04.